The zero-order valence-corrected chi connectivity index (χ0v) is 19.0. The Labute approximate surface area is 187 Å². The van der Waals surface area contributed by atoms with Crippen LogP contribution in [-0.4, -0.2) is 47.1 Å². The minimum Gasteiger partial charge on any atom is -0.384 e. The first-order valence-electron chi connectivity index (χ1n) is 10.4. The molecule has 0 spiro atoms. The number of rotatable bonds is 4. The maximum absolute atomic E-state index is 12.9. The number of hydrogen-bond donors (Lipinski definition) is 0. The summed E-state index contributed by atoms with van der Waals surface area (Å²) in [5.41, 5.74) is 4.66. The van der Waals surface area contributed by atoms with Crippen molar-refractivity contribution in [3.05, 3.63) is 69.2 Å². The zero-order chi connectivity index (χ0) is 22.3. The summed E-state index contributed by atoms with van der Waals surface area (Å²) in [6, 6.07) is 11.6. The molecule has 31 heavy (non-hydrogen) atoms. The summed E-state index contributed by atoms with van der Waals surface area (Å²) in [6.45, 7) is 8.90. The van der Waals surface area contributed by atoms with Gasteiger partial charge in [0.05, 0.1) is 12.4 Å². The molecule has 1 unspecified atom stereocenters. The van der Waals surface area contributed by atoms with Gasteiger partial charge >= 0.3 is 0 Å². The summed E-state index contributed by atoms with van der Waals surface area (Å²) < 4.78 is 0. The Kier molecular flexibility index (Phi) is 5.52. The highest BCUT2D eigenvalue weighted by Gasteiger charge is 2.37. The molecule has 2 aromatic rings. The van der Waals surface area contributed by atoms with E-state index in [1.165, 1.54) is 0 Å². The highest BCUT2D eigenvalue weighted by molar-refractivity contribution is 6.30. The van der Waals surface area contributed by atoms with Crippen LogP contribution in [0.5, 0.6) is 0 Å². The number of aryl methyl sites for hydroxylation is 2. The summed E-state index contributed by atoms with van der Waals surface area (Å²) in [7, 11) is 0. The van der Waals surface area contributed by atoms with Crippen molar-refractivity contribution in [1.29, 1.82) is 0 Å². The molecular formula is C24H26ClN3O3. The van der Waals surface area contributed by atoms with Crippen molar-refractivity contribution in [2.75, 3.05) is 19.8 Å². The maximum Gasteiger partial charge on any atom is 0.256 e. The molecule has 7 heteroatoms. The average molecular weight is 440 g/mol. The molecule has 6 nitrogen and oxygen atoms in total. The molecule has 162 valence electrons. The lowest BCUT2D eigenvalue weighted by molar-refractivity contribution is -0.126. The van der Waals surface area contributed by atoms with Crippen LogP contribution in [-0.2, 0) is 15.2 Å². The summed E-state index contributed by atoms with van der Waals surface area (Å²) >= 11 is 6.24. The third-order valence-electron chi connectivity index (χ3n) is 5.99. The van der Waals surface area contributed by atoms with Gasteiger partial charge in [-0.3, -0.25) is 9.59 Å². The van der Waals surface area contributed by atoms with E-state index in [-0.39, 0.29) is 18.4 Å². The second-order valence-electron chi connectivity index (χ2n) is 8.48. The van der Waals surface area contributed by atoms with Gasteiger partial charge in [0.15, 0.2) is 5.60 Å². The molecular weight excluding hydrogens is 414 g/mol. The molecule has 4 rings (SSSR count). The number of amides is 2. The fraction of sp³-hybridized carbons (Fsp3) is 0.375. The van der Waals surface area contributed by atoms with Crippen molar-refractivity contribution in [3.8, 4) is 0 Å². The van der Waals surface area contributed by atoms with E-state index in [0.29, 0.717) is 30.2 Å². The number of carbonyl (C=O) groups is 2. The van der Waals surface area contributed by atoms with Gasteiger partial charge in [0.2, 0.25) is 5.91 Å². The lowest BCUT2D eigenvalue weighted by atomic mass is 9.88. The average Bonchev–Trinajstić information content (AvgIpc) is 3.30. The highest BCUT2D eigenvalue weighted by atomic mass is 35.5. The second kappa shape index (κ2) is 8.00. The fourth-order valence-corrected chi connectivity index (χ4v) is 4.44. The fourth-order valence-electron chi connectivity index (χ4n) is 4.16. The number of hydrogen-bond acceptors (Lipinski definition) is 4. The highest BCUT2D eigenvalue weighted by Crippen LogP contribution is 2.37. The predicted molar refractivity (Wildman–Crippen MR) is 120 cm³/mol. The maximum atomic E-state index is 12.9. The van der Waals surface area contributed by atoms with Gasteiger partial charge in [0.1, 0.15) is 6.54 Å². The monoisotopic (exact) mass is 439 g/mol. The van der Waals surface area contributed by atoms with Crippen LogP contribution in [0.3, 0.4) is 0 Å². The molecule has 0 aromatic heterocycles. The molecule has 0 saturated carbocycles. The van der Waals surface area contributed by atoms with E-state index in [0.717, 1.165) is 28.0 Å². The molecule has 2 aliphatic heterocycles. The quantitative estimate of drug-likeness (QED) is 0.715. The van der Waals surface area contributed by atoms with Crippen LogP contribution in [0, 0.1) is 13.8 Å². The second-order valence-corrected chi connectivity index (χ2v) is 8.91. The van der Waals surface area contributed by atoms with Gasteiger partial charge in [-0.1, -0.05) is 28.9 Å². The topological polar surface area (TPSA) is 62.2 Å². The SMILES string of the molecule is CCN1CN(C(=O)c2ccc(C3=NOC(C)(c4cc(C)cc(Cl)c4)C3)cc2C)CC1=O. The summed E-state index contributed by atoms with van der Waals surface area (Å²) in [4.78, 5) is 34.0. The molecule has 0 aliphatic carbocycles. The van der Waals surface area contributed by atoms with Crippen LogP contribution in [0.2, 0.25) is 5.02 Å². The number of likely N-dealkylation sites (N-methyl/N-ethyl adjacent to an activating group) is 1. The van der Waals surface area contributed by atoms with Crippen LogP contribution in [0.1, 0.15) is 52.9 Å². The van der Waals surface area contributed by atoms with Crippen LogP contribution in [0.4, 0.5) is 0 Å². The Balaban J connectivity index is 1.52. The van der Waals surface area contributed by atoms with Crippen LogP contribution in [0.25, 0.3) is 0 Å². The Morgan fingerprint density at radius 2 is 2.00 bits per heavy atom. The molecule has 2 amide bonds. The molecule has 1 saturated heterocycles. The Bertz CT molecular complexity index is 1080. The minimum atomic E-state index is -0.590. The van der Waals surface area contributed by atoms with Crippen molar-refractivity contribution in [3.63, 3.8) is 0 Å². The van der Waals surface area contributed by atoms with E-state index in [1.54, 1.807) is 9.80 Å². The normalized spacial score (nSPS) is 20.8. The molecule has 0 N–H and O–H groups in total. The number of halogens is 1. The predicted octanol–water partition coefficient (Wildman–Crippen LogP) is 4.26. The first kappa shape index (κ1) is 21.4. The van der Waals surface area contributed by atoms with Crippen molar-refractivity contribution >= 4 is 29.1 Å². The van der Waals surface area contributed by atoms with Crippen molar-refractivity contribution in [1.82, 2.24) is 9.80 Å². The van der Waals surface area contributed by atoms with Gasteiger partial charge in [-0.05, 0) is 74.2 Å². The van der Waals surface area contributed by atoms with E-state index in [2.05, 4.69) is 11.2 Å². The van der Waals surface area contributed by atoms with Gasteiger partial charge in [-0.2, -0.15) is 0 Å². The summed E-state index contributed by atoms with van der Waals surface area (Å²) in [5.74, 6) is -0.143. The van der Waals surface area contributed by atoms with E-state index in [9.17, 15) is 9.59 Å². The molecule has 0 radical (unpaired) electrons. The Hall–Kier alpha value is -2.86. The molecule has 1 atom stereocenters. The van der Waals surface area contributed by atoms with Gasteiger partial charge in [0.25, 0.3) is 5.91 Å². The molecule has 2 aliphatic rings. The molecule has 2 aromatic carbocycles. The minimum absolute atomic E-state index is 0.0156. The third-order valence-corrected chi connectivity index (χ3v) is 6.21. The van der Waals surface area contributed by atoms with Gasteiger partial charge in [0, 0.05) is 23.6 Å². The number of carbonyl (C=O) groups excluding carboxylic acids is 2. The Morgan fingerprint density at radius 1 is 1.23 bits per heavy atom. The molecule has 2 heterocycles. The van der Waals surface area contributed by atoms with E-state index in [4.69, 9.17) is 16.4 Å². The third kappa shape index (κ3) is 4.04. The standard InChI is InChI=1S/C24H26ClN3O3/c1-5-27-14-28(13-22(27)29)23(30)20-7-6-17(10-16(20)3)21-12-24(4,31-26-21)18-8-15(2)9-19(25)11-18/h6-11H,5,12-14H2,1-4H3. The zero-order valence-electron chi connectivity index (χ0n) is 18.2. The van der Waals surface area contributed by atoms with E-state index >= 15 is 0 Å². The van der Waals surface area contributed by atoms with Crippen molar-refractivity contribution in [2.45, 2.75) is 39.7 Å². The number of oxime groups is 1. The smallest absolute Gasteiger partial charge is 0.256 e. The molecule has 1 fully saturated rings. The Morgan fingerprint density at radius 3 is 2.65 bits per heavy atom. The largest absolute Gasteiger partial charge is 0.384 e. The van der Waals surface area contributed by atoms with Crippen LogP contribution < -0.4 is 0 Å². The lowest BCUT2D eigenvalue weighted by Gasteiger charge is -2.22. The number of benzene rings is 2. The van der Waals surface area contributed by atoms with Crippen LogP contribution in [0.15, 0.2) is 41.6 Å². The van der Waals surface area contributed by atoms with E-state index in [1.807, 2.05) is 58.0 Å². The first-order valence-corrected chi connectivity index (χ1v) is 10.8. The van der Waals surface area contributed by atoms with Gasteiger partial charge in [-0.15, -0.1) is 0 Å². The van der Waals surface area contributed by atoms with Crippen molar-refractivity contribution in [2.24, 2.45) is 5.16 Å². The number of nitrogens with zero attached hydrogens (tertiary/aromatic N) is 3. The van der Waals surface area contributed by atoms with Gasteiger partial charge in [-0.25, -0.2) is 0 Å². The summed E-state index contributed by atoms with van der Waals surface area (Å²) in [6.07, 6.45) is 0.603. The van der Waals surface area contributed by atoms with Gasteiger partial charge < -0.3 is 14.6 Å². The first-order chi connectivity index (χ1) is 14.7. The van der Waals surface area contributed by atoms with Crippen molar-refractivity contribution < 1.29 is 14.4 Å². The van der Waals surface area contributed by atoms with E-state index < -0.39 is 5.60 Å². The van der Waals surface area contributed by atoms with Crippen LogP contribution >= 0.6 is 11.6 Å². The lowest BCUT2D eigenvalue weighted by Crippen LogP contribution is -2.31. The molecule has 0 bridgehead atoms. The summed E-state index contributed by atoms with van der Waals surface area (Å²) in [5, 5.41) is 5.02.